The third kappa shape index (κ3) is 2.36. The van der Waals surface area contributed by atoms with Gasteiger partial charge in [0.1, 0.15) is 11.5 Å². The number of rotatable bonds is 3. The van der Waals surface area contributed by atoms with Gasteiger partial charge in [-0.2, -0.15) is 0 Å². The van der Waals surface area contributed by atoms with Crippen molar-refractivity contribution in [1.29, 1.82) is 0 Å². The summed E-state index contributed by atoms with van der Waals surface area (Å²) >= 11 is 0. The quantitative estimate of drug-likeness (QED) is 0.919. The van der Waals surface area contributed by atoms with Crippen molar-refractivity contribution in [2.45, 2.75) is 25.8 Å². The number of ether oxygens (including phenoxy) is 1. The predicted molar refractivity (Wildman–Crippen MR) is 73.2 cm³/mol. The molecular formula is C15H18N2O2. The number of hydrogen-bond donors (Lipinski definition) is 1. The molecule has 19 heavy (non-hydrogen) atoms. The average Bonchev–Trinajstić information content (AvgIpc) is 3.09. The van der Waals surface area contributed by atoms with Gasteiger partial charge in [-0.05, 0) is 38.4 Å². The van der Waals surface area contributed by atoms with Crippen LogP contribution < -0.4 is 10.1 Å². The minimum atomic E-state index is 0.303. The molecule has 1 aromatic carbocycles. The fourth-order valence-electron chi connectivity index (χ4n) is 2.49. The number of nitrogens with one attached hydrogen (secondary N) is 1. The molecule has 0 radical (unpaired) electrons. The number of nitrogens with zero attached hydrogens (tertiary/aromatic N) is 1. The molecular weight excluding hydrogens is 240 g/mol. The topological polar surface area (TPSA) is 47.3 Å². The zero-order chi connectivity index (χ0) is 13.2. The minimum absolute atomic E-state index is 0.303. The minimum Gasteiger partial charge on any atom is -0.496 e. The van der Waals surface area contributed by atoms with Crippen molar-refractivity contribution in [3.63, 3.8) is 0 Å². The maximum absolute atomic E-state index is 5.90. The molecule has 100 valence electrons. The Labute approximate surface area is 112 Å². The Morgan fingerprint density at radius 2 is 2.32 bits per heavy atom. The Bertz CT molecular complexity index is 571. The molecule has 4 heteroatoms. The van der Waals surface area contributed by atoms with E-state index in [1.807, 2.05) is 31.3 Å². The van der Waals surface area contributed by atoms with E-state index in [9.17, 15) is 0 Å². The van der Waals surface area contributed by atoms with E-state index in [1.165, 1.54) is 6.42 Å². The number of aromatic nitrogens is 1. The summed E-state index contributed by atoms with van der Waals surface area (Å²) in [7, 11) is 1.66. The van der Waals surface area contributed by atoms with Crippen LogP contribution in [0, 0.1) is 6.92 Å². The van der Waals surface area contributed by atoms with Gasteiger partial charge in [0.2, 0.25) is 5.89 Å². The predicted octanol–water partition coefficient (Wildman–Crippen LogP) is 3.08. The van der Waals surface area contributed by atoms with E-state index < -0.39 is 0 Å². The molecule has 4 nitrogen and oxygen atoms in total. The fourth-order valence-corrected chi connectivity index (χ4v) is 2.49. The Kier molecular flexibility index (Phi) is 3.25. The molecule has 1 fully saturated rings. The Hall–Kier alpha value is -1.81. The zero-order valence-electron chi connectivity index (χ0n) is 11.3. The summed E-state index contributed by atoms with van der Waals surface area (Å²) < 4.78 is 11.3. The van der Waals surface area contributed by atoms with Gasteiger partial charge >= 0.3 is 0 Å². The number of oxazole rings is 1. The summed E-state index contributed by atoms with van der Waals surface area (Å²) in [5, 5.41) is 3.41. The smallest absolute Gasteiger partial charge is 0.230 e. The normalized spacial score (nSPS) is 18.7. The highest BCUT2D eigenvalue weighted by atomic mass is 16.5. The number of benzene rings is 1. The molecule has 0 spiro atoms. The van der Waals surface area contributed by atoms with Gasteiger partial charge in [-0.1, -0.05) is 11.6 Å². The lowest BCUT2D eigenvalue weighted by Crippen LogP contribution is -2.11. The van der Waals surface area contributed by atoms with Crippen LogP contribution in [0.4, 0.5) is 0 Å². The zero-order valence-corrected chi connectivity index (χ0v) is 11.3. The average molecular weight is 258 g/mol. The molecule has 2 aromatic rings. The first-order valence-corrected chi connectivity index (χ1v) is 6.62. The summed E-state index contributed by atoms with van der Waals surface area (Å²) in [6.07, 6.45) is 4.12. The fraction of sp³-hybridized carbons (Fsp3) is 0.400. The molecule has 3 rings (SSSR count). The molecule has 0 bridgehead atoms. The first-order valence-electron chi connectivity index (χ1n) is 6.62. The van der Waals surface area contributed by atoms with Gasteiger partial charge in [0.15, 0.2) is 0 Å². The molecule has 1 saturated heterocycles. The second-order valence-corrected chi connectivity index (χ2v) is 4.92. The van der Waals surface area contributed by atoms with Gasteiger partial charge in [0, 0.05) is 0 Å². The SMILES string of the molecule is COc1ccc(C)cc1-c1ncc(C2CCCN2)o1. The van der Waals surface area contributed by atoms with Crippen LogP contribution >= 0.6 is 0 Å². The maximum Gasteiger partial charge on any atom is 0.230 e. The van der Waals surface area contributed by atoms with Gasteiger partial charge in [-0.15, -0.1) is 0 Å². The van der Waals surface area contributed by atoms with Crippen LogP contribution in [-0.4, -0.2) is 18.6 Å². The summed E-state index contributed by atoms with van der Waals surface area (Å²) in [4.78, 5) is 4.39. The molecule has 0 amide bonds. The van der Waals surface area contributed by atoms with Crippen LogP contribution in [-0.2, 0) is 0 Å². The monoisotopic (exact) mass is 258 g/mol. The summed E-state index contributed by atoms with van der Waals surface area (Å²) in [5.74, 6) is 2.33. The lowest BCUT2D eigenvalue weighted by Gasteiger charge is -2.07. The van der Waals surface area contributed by atoms with Crippen molar-refractivity contribution in [3.05, 3.63) is 35.7 Å². The molecule has 1 aromatic heterocycles. The standard InChI is InChI=1S/C15H18N2O2/c1-10-5-6-13(18-2)11(8-10)15-17-9-14(19-15)12-4-3-7-16-12/h5-6,8-9,12,16H,3-4,7H2,1-2H3. The van der Waals surface area contributed by atoms with Crippen LogP contribution in [0.25, 0.3) is 11.5 Å². The van der Waals surface area contributed by atoms with E-state index in [-0.39, 0.29) is 0 Å². The van der Waals surface area contributed by atoms with E-state index >= 15 is 0 Å². The van der Waals surface area contributed by atoms with Crippen molar-refractivity contribution < 1.29 is 9.15 Å². The van der Waals surface area contributed by atoms with Crippen LogP contribution in [0.3, 0.4) is 0 Å². The van der Waals surface area contributed by atoms with Crippen LogP contribution in [0.5, 0.6) is 5.75 Å². The van der Waals surface area contributed by atoms with Gasteiger partial charge in [-0.25, -0.2) is 4.98 Å². The van der Waals surface area contributed by atoms with E-state index in [2.05, 4.69) is 10.3 Å². The Balaban J connectivity index is 1.95. The molecule has 0 saturated carbocycles. The van der Waals surface area contributed by atoms with Crippen molar-refractivity contribution in [2.24, 2.45) is 0 Å². The maximum atomic E-state index is 5.90. The van der Waals surface area contributed by atoms with Crippen LogP contribution in [0.2, 0.25) is 0 Å². The van der Waals surface area contributed by atoms with Crippen molar-refractivity contribution >= 4 is 0 Å². The van der Waals surface area contributed by atoms with Crippen molar-refractivity contribution in [2.75, 3.05) is 13.7 Å². The molecule has 1 N–H and O–H groups in total. The second-order valence-electron chi connectivity index (χ2n) is 4.92. The lowest BCUT2D eigenvalue weighted by atomic mass is 10.1. The van der Waals surface area contributed by atoms with Gasteiger partial charge < -0.3 is 14.5 Å². The van der Waals surface area contributed by atoms with Crippen molar-refractivity contribution in [1.82, 2.24) is 10.3 Å². The number of methoxy groups -OCH3 is 1. The second kappa shape index (κ2) is 5.05. The Morgan fingerprint density at radius 3 is 3.05 bits per heavy atom. The van der Waals surface area contributed by atoms with Crippen molar-refractivity contribution in [3.8, 4) is 17.2 Å². The van der Waals surface area contributed by atoms with E-state index in [0.717, 1.165) is 35.6 Å². The first-order chi connectivity index (χ1) is 9.28. The molecule has 1 aliphatic heterocycles. The summed E-state index contributed by atoms with van der Waals surface area (Å²) in [6.45, 7) is 3.10. The lowest BCUT2D eigenvalue weighted by molar-refractivity contribution is 0.411. The molecule has 2 heterocycles. The van der Waals surface area contributed by atoms with Crippen LogP contribution in [0.15, 0.2) is 28.8 Å². The van der Waals surface area contributed by atoms with Gasteiger partial charge in [-0.3, -0.25) is 0 Å². The number of aryl methyl sites for hydroxylation is 1. The molecule has 1 unspecified atom stereocenters. The third-order valence-corrected chi connectivity index (χ3v) is 3.51. The highest BCUT2D eigenvalue weighted by Gasteiger charge is 2.21. The Morgan fingerprint density at radius 1 is 1.42 bits per heavy atom. The highest BCUT2D eigenvalue weighted by molar-refractivity contribution is 5.63. The summed E-state index contributed by atoms with van der Waals surface area (Å²) in [6, 6.07) is 6.31. The highest BCUT2D eigenvalue weighted by Crippen LogP contribution is 2.32. The largest absolute Gasteiger partial charge is 0.496 e. The molecule has 1 atom stereocenters. The first kappa shape index (κ1) is 12.2. The third-order valence-electron chi connectivity index (χ3n) is 3.51. The summed E-state index contributed by atoms with van der Waals surface area (Å²) in [5.41, 5.74) is 2.07. The van der Waals surface area contributed by atoms with E-state index in [4.69, 9.17) is 9.15 Å². The van der Waals surface area contributed by atoms with Gasteiger partial charge in [0.25, 0.3) is 0 Å². The van der Waals surface area contributed by atoms with Crippen LogP contribution in [0.1, 0.15) is 30.2 Å². The molecule has 0 aliphatic carbocycles. The van der Waals surface area contributed by atoms with Gasteiger partial charge in [0.05, 0.1) is 24.9 Å². The van der Waals surface area contributed by atoms with E-state index in [0.29, 0.717) is 11.9 Å². The number of hydrogen-bond acceptors (Lipinski definition) is 4. The molecule has 1 aliphatic rings. The van der Waals surface area contributed by atoms with E-state index in [1.54, 1.807) is 7.11 Å².